The second-order valence-corrected chi connectivity index (χ2v) is 4.16. The molecule has 0 aliphatic rings. The molecule has 2 N–H and O–H groups in total. The molecular formula is C10H15NO3S. The standard InChI is InChI=1S/C10H15NO3S/c1-7(11-5-6-15-2)8-3-4-9(14-8)10(12)13/h3-4,7,11H,5-6H2,1-2H3,(H,12,13). The fourth-order valence-electron chi connectivity index (χ4n) is 1.18. The van der Waals surface area contributed by atoms with Crippen molar-refractivity contribution in [2.75, 3.05) is 18.6 Å². The Morgan fingerprint density at radius 3 is 2.93 bits per heavy atom. The van der Waals surface area contributed by atoms with Crippen molar-refractivity contribution in [3.8, 4) is 0 Å². The zero-order valence-electron chi connectivity index (χ0n) is 8.82. The first-order valence-corrected chi connectivity index (χ1v) is 6.10. The van der Waals surface area contributed by atoms with Crippen LogP contribution in [0.2, 0.25) is 0 Å². The largest absolute Gasteiger partial charge is 0.475 e. The van der Waals surface area contributed by atoms with Crippen molar-refractivity contribution < 1.29 is 14.3 Å². The van der Waals surface area contributed by atoms with Crippen LogP contribution in [0.5, 0.6) is 0 Å². The van der Waals surface area contributed by atoms with E-state index < -0.39 is 5.97 Å². The van der Waals surface area contributed by atoms with Crippen LogP contribution >= 0.6 is 11.8 Å². The summed E-state index contributed by atoms with van der Waals surface area (Å²) in [5, 5.41) is 11.9. The van der Waals surface area contributed by atoms with Gasteiger partial charge in [-0.05, 0) is 25.3 Å². The Bertz CT molecular complexity index is 324. The molecule has 1 aromatic rings. The predicted octanol–water partition coefficient (Wildman–Crippen LogP) is 1.99. The Morgan fingerprint density at radius 1 is 1.67 bits per heavy atom. The fraction of sp³-hybridized carbons (Fsp3) is 0.500. The second kappa shape index (κ2) is 5.82. The van der Waals surface area contributed by atoms with Crippen molar-refractivity contribution in [1.29, 1.82) is 0 Å². The van der Waals surface area contributed by atoms with Crippen LogP contribution in [-0.2, 0) is 0 Å². The third-order valence-corrected chi connectivity index (χ3v) is 2.63. The van der Waals surface area contributed by atoms with Gasteiger partial charge in [-0.1, -0.05) is 0 Å². The molecule has 0 aliphatic heterocycles. The van der Waals surface area contributed by atoms with Gasteiger partial charge in [0.2, 0.25) is 5.76 Å². The van der Waals surface area contributed by atoms with E-state index in [1.54, 1.807) is 17.8 Å². The summed E-state index contributed by atoms with van der Waals surface area (Å²) in [5.41, 5.74) is 0. The number of rotatable bonds is 6. The lowest BCUT2D eigenvalue weighted by Crippen LogP contribution is -2.20. The highest BCUT2D eigenvalue weighted by atomic mass is 32.2. The monoisotopic (exact) mass is 229 g/mol. The predicted molar refractivity (Wildman–Crippen MR) is 60.5 cm³/mol. The first-order valence-electron chi connectivity index (χ1n) is 4.70. The van der Waals surface area contributed by atoms with E-state index in [0.29, 0.717) is 5.76 Å². The van der Waals surface area contributed by atoms with E-state index in [4.69, 9.17) is 9.52 Å². The Labute approximate surface area is 93.0 Å². The van der Waals surface area contributed by atoms with Crippen molar-refractivity contribution in [3.05, 3.63) is 23.7 Å². The highest BCUT2D eigenvalue weighted by Crippen LogP contribution is 2.16. The van der Waals surface area contributed by atoms with Gasteiger partial charge < -0.3 is 14.8 Å². The van der Waals surface area contributed by atoms with Crippen LogP contribution in [0.15, 0.2) is 16.5 Å². The van der Waals surface area contributed by atoms with Crippen LogP contribution < -0.4 is 5.32 Å². The highest BCUT2D eigenvalue weighted by Gasteiger charge is 2.13. The zero-order valence-corrected chi connectivity index (χ0v) is 9.63. The molecule has 0 saturated carbocycles. The minimum atomic E-state index is -1.03. The van der Waals surface area contributed by atoms with E-state index in [1.807, 2.05) is 13.2 Å². The van der Waals surface area contributed by atoms with Crippen LogP contribution in [-0.4, -0.2) is 29.6 Å². The molecule has 0 aliphatic carbocycles. The van der Waals surface area contributed by atoms with Gasteiger partial charge in [0.15, 0.2) is 0 Å². The fourth-order valence-corrected chi connectivity index (χ4v) is 1.50. The van der Waals surface area contributed by atoms with E-state index in [2.05, 4.69) is 5.32 Å². The average molecular weight is 229 g/mol. The molecule has 1 atom stereocenters. The average Bonchev–Trinajstić information content (AvgIpc) is 2.66. The quantitative estimate of drug-likeness (QED) is 0.730. The summed E-state index contributed by atoms with van der Waals surface area (Å²) < 4.78 is 5.17. The molecule has 15 heavy (non-hydrogen) atoms. The van der Waals surface area contributed by atoms with E-state index >= 15 is 0 Å². The van der Waals surface area contributed by atoms with Gasteiger partial charge in [-0.25, -0.2) is 4.79 Å². The van der Waals surface area contributed by atoms with Gasteiger partial charge >= 0.3 is 5.97 Å². The molecule has 0 radical (unpaired) electrons. The molecule has 1 unspecified atom stereocenters. The maximum Gasteiger partial charge on any atom is 0.371 e. The van der Waals surface area contributed by atoms with Crippen LogP contribution in [0, 0.1) is 0 Å². The number of carbonyl (C=O) groups is 1. The third-order valence-electron chi connectivity index (χ3n) is 2.02. The lowest BCUT2D eigenvalue weighted by molar-refractivity contribution is 0.0659. The molecule has 1 aromatic heterocycles. The van der Waals surface area contributed by atoms with Crippen molar-refractivity contribution in [3.63, 3.8) is 0 Å². The molecule has 84 valence electrons. The van der Waals surface area contributed by atoms with Crippen molar-refractivity contribution in [2.45, 2.75) is 13.0 Å². The summed E-state index contributed by atoms with van der Waals surface area (Å²) in [5.74, 6) is 0.645. The molecular weight excluding hydrogens is 214 g/mol. The lowest BCUT2D eigenvalue weighted by atomic mass is 10.2. The van der Waals surface area contributed by atoms with Crippen LogP contribution in [0.4, 0.5) is 0 Å². The Morgan fingerprint density at radius 2 is 2.40 bits per heavy atom. The number of furan rings is 1. The van der Waals surface area contributed by atoms with E-state index in [0.717, 1.165) is 12.3 Å². The number of thioether (sulfide) groups is 1. The van der Waals surface area contributed by atoms with Crippen molar-refractivity contribution in [1.82, 2.24) is 5.32 Å². The number of hydrogen-bond donors (Lipinski definition) is 2. The summed E-state index contributed by atoms with van der Waals surface area (Å²) in [4.78, 5) is 10.6. The summed E-state index contributed by atoms with van der Waals surface area (Å²) in [6.45, 7) is 2.83. The summed E-state index contributed by atoms with van der Waals surface area (Å²) in [6.07, 6.45) is 2.04. The van der Waals surface area contributed by atoms with Gasteiger partial charge in [0.1, 0.15) is 5.76 Å². The maximum atomic E-state index is 10.6. The minimum Gasteiger partial charge on any atom is -0.475 e. The smallest absolute Gasteiger partial charge is 0.371 e. The highest BCUT2D eigenvalue weighted by molar-refractivity contribution is 7.98. The second-order valence-electron chi connectivity index (χ2n) is 3.18. The first-order chi connectivity index (χ1) is 7.15. The summed E-state index contributed by atoms with van der Waals surface area (Å²) in [6, 6.07) is 3.22. The molecule has 0 bridgehead atoms. The van der Waals surface area contributed by atoms with Crippen LogP contribution in [0.1, 0.15) is 29.3 Å². The Balaban J connectivity index is 2.50. The zero-order chi connectivity index (χ0) is 11.3. The van der Waals surface area contributed by atoms with Gasteiger partial charge in [0.25, 0.3) is 0 Å². The lowest BCUT2D eigenvalue weighted by Gasteiger charge is -2.09. The number of hydrogen-bond acceptors (Lipinski definition) is 4. The normalized spacial score (nSPS) is 12.7. The van der Waals surface area contributed by atoms with Crippen molar-refractivity contribution in [2.24, 2.45) is 0 Å². The van der Waals surface area contributed by atoms with Gasteiger partial charge in [-0.2, -0.15) is 11.8 Å². The van der Waals surface area contributed by atoms with Gasteiger partial charge in [-0.15, -0.1) is 0 Å². The molecule has 1 heterocycles. The first kappa shape index (κ1) is 12.1. The van der Waals surface area contributed by atoms with Crippen molar-refractivity contribution >= 4 is 17.7 Å². The van der Waals surface area contributed by atoms with E-state index in [9.17, 15) is 4.79 Å². The number of carboxylic acid groups (broad SMARTS) is 1. The van der Waals surface area contributed by atoms with Gasteiger partial charge in [0, 0.05) is 12.3 Å². The Hall–Kier alpha value is -0.940. The molecule has 0 aromatic carbocycles. The molecule has 0 fully saturated rings. The van der Waals surface area contributed by atoms with Crippen LogP contribution in [0.3, 0.4) is 0 Å². The topological polar surface area (TPSA) is 62.5 Å². The summed E-state index contributed by atoms with van der Waals surface area (Å²) >= 11 is 1.76. The van der Waals surface area contributed by atoms with Crippen LogP contribution in [0.25, 0.3) is 0 Å². The number of aromatic carboxylic acids is 1. The van der Waals surface area contributed by atoms with E-state index in [1.165, 1.54) is 6.07 Å². The SMILES string of the molecule is CSCCNC(C)c1ccc(C(=O)O)o1. The number of nitrogens with one attached hydrogen (secondary N) is 1. The van der Waals surface area contributed by atoms with E-state index in [-0.39, 0.29) is 11.8 Å². The number of carboxylic acids is 1. The Kier molecular flexibility index (Phi) is 4.71. The molecule has 1 rings (SSSR count). The molecule has 4 nitrogen and oxygen atoms in total. The molecule has 0 amide bonds. The third kappa shape index (κ3) is 3.60. The molecule has 0 saturated heterocycles. The van der Waals surface area contributed by atoms with Gasteiger partial charge in [-0.3, -0.25) is 0 Å². The minimum absolute atomic E-state index is 0.0106. The summed E-state index contributed by atoms with van der Waals surface area (Å²) in [7, 11) is 0. The maximum absolute atomic E-state index is 10.6. The molecule has 5 heteroatoms. The van der Waals surface area contributed by atoms with Gasteiger partial charge in [0.05, 0.1) is 6.04 Å². The molecule has 0 spiro atoms.